The fourth-order valence-corrected chi connectivity index (χ4v) is 9.75. The van der Waals surface area contributed by atoms with Crippen LogP contribution >= 0.6 is 0 Å². The molecule has 0 aromatic carbocycles. The Morgan fingerprint density at radius 2 is 1.54 bits per heavy atom. The third kappa shape index (κ3) is 8.13. The third-order valence-electron chi connectivity index (χ3n) is 12.4. The van der Waals surface area contributed by atoms with Crippen LogP contribution in [0.25, 0.3) is 0 Å². The topological polar surface area (TPSA) is 132 Å². The van der Waals surface area contributed by atoms with Gasteiger partial charge in [0.05, 0.1) is 6.10 Å². The quantitative estimate of drug-likeness (QED) is 0.0853. The largest absolute Gasteiger partial charge is 0.481 e. The van der Waals surface area contributed by atoms with Crippen LogP contribution in [0.15, 0.2) is 36.0 Å². The van der Waals surface area contributed by atoms with Gasteiger partial charge in [0.25, 0.3) is 0 Å². The second-order valence-corrected chi connectivity index (χ2v) is 15.4. The monoisotopic (exact) mass is 640 g/mol. The molecule has 7 nitrogen and oxygen atoms in total. The van der Waals surface area contributed by atoms with Gasteiger partial charge in [-0.15, -0.1) is 0 Å². The van der Waals surface area contributed by atoms with Crippen LogP contribution in [0, 0.1) is 28.6 Å². The number of aliphatic carboxylic acids is 1. The first-order valence-electron chi connectivity index (χ1n) is 18.4. The number of carboxylic acids is 1. The smallest absolute Gasteiger partial charge is 0.303 e. The minimum absolute atomic E-state index is 0.00601. The molecule has 46 heavy (non-hydrogen) atoms. The van der Waals surface area contributed by atoms with Crippen LogP contribution in [-0.4, -0.2) is 55.8 Å². The lowest BCUT2D eigenvalue weighted by Crippen LogP contribution is -2.62. The zero-order valence-electron chi connectivity index (χ0n) is 28.4. The number of hydrogen-bond acceptors (Lipinski definition) is 6. The van der Waals surface area contributed by atoms with Gasteiger partial charge in [-0.05, 0) is 94.6 Å². The van der Waals surface area contributed by atoms with Gasteiger partial charge in [0.15, 0.2) is 11.6 Å². The fraction of sp³-hybridized carbons (Fsp3) is 0.769. The predicted molar refractivity (Wildman–Crippen MR) is 180 cm³/mol. The number of carbonyl (C=O) groups excluding carboxylic acids is 2. The maximum Gasteiger partial charge on any atom is 0.303 e. The van der Waals surface area contributed by atoms with Crippen molar-refractivity contribution in [1.29, 1.82) is 0 Å². The molecule has 7 heteroatoms. The Morgan fingerprint density at radius 1 is 0.935 bits per heavy atom. The van der Waals surface area contributed by atoms with Crippen LogP contribution in [0.5, 0.6) is 0 Å². The summed E-state index contributed by atoms with van der Waals surface area (Å²) in [7, 11) is 0. The number of unbranched alkanes of at least 4 members (excludes halogenated alkanes) is 11. The van der Waals surface area contributed by atoms with Gasteiger partial charge in [-0.1, -0.05) is 89.0 Å². The molecule has 258 valence electrons. The van der Waals surface area contributed by atoms with E-state index < -0.39 is 35.0 Å². The van der Waals surface area contributed by atoms with E-state index in [1.807, 2.05) is 13.0 Å². The number of hydrogen-bond donors (Lipinski definition) is 4. The van der Waals surface area contributed by atoms with Gasteiger partial charge < -0.3 is 20.4 Å². The number of carboxylic acid groups (broad SMARTS) is 1. The number of Topliss-reactive ketones (excluding diaryl/α,β-unsaturated/α-hetero) is 1. The highest BCUT2D eigenvalue weighted by Gasteiger charge is 2.68. The molecule has 4 N–H and O–H groups in total. The lowest BCUT2D eigenvalue weighted by molar-refractivity contribution is -0.182. The Bertz CT molecular complexity index is 1150. The van der Waals surface area contributed by atoms with Crippen molar-refractivity contribution in [2.24, 2.45) is 28.6 Å². The first-order chi connectivity index (χ1) is 21.9. The van der Waals surface area contributed by atoms with E-state index in [1.165, 1.54) is 12.8 Å². The second kappa shape index (κ2) is 16.3. The summed E-state index contributed by atoms with van der Waals surface area (Å²) in [5, 5.41) is 43.1. The molecule has 0 radical (unpaired) electrons. The van der Waals surface area contributed by atoms with Crippen LogP contribution in [0.3, 0.4) is 0 Å². The molecular weight excluding hydrogens is 580 g/mol. The van der Waals surface area contributed by atoms with E-state index >= 15 is 0 Å². The van der Waals surface area contributed by atoms with E-state index in [1.54, 1.807) is 12.2 Å². The molecule has 0 aromatic heterocycles. The maximum atomic E-state index is 13.7. The van der Waals surface area contributed by atoms with E-state index in [2.05, 4.69) is 19.1 Å². The van der Waals surface area contributed by atoms with Gasteiger partial charge in [-0.2, -0.15) is 0 Å². The summed E-state index contributed by atoms with van der Waals surface area (Å²) in [6.07, 6.45) is 25.3. The second-order valence-electron chi connectivity index (χ2n) is 15.4. The number of allylic oxidation sites excluding steroid dienone is 6. The zero-order chi connectivity index (χ0) is 33.4. The summed E-state index contributed by atoms with van der Waals surface area (Å²) in [5.41, 5.74) is -1.71. The Hall–Kier alpha value is -2.09. The van der Waals surface area contributed by atoms with Gasteiger partial charge in [-0.25, -0.2) is 0 Å². The third-order valence-corrected chi connectivity index (χ3v) is 12.4. The van der Waals surface area contributed by atoms with Crippen molar-refractivity contribution in [3.63, 3.8) is 0 Å². The van der Waals surface area contributed by atoms with Crippen molar-refractivity contribution in [2.45, 2.75) is 160 Å². The molecule has 0 heterocycles. The lowest BCUT2D eigenvalue weighted by atomic mass is 9.46. The number of fused-ring (bicyclic) bond motifs is 5. The van der Waals surface area contributed by atoms with Crippen LogP contribution in [0.1, 0.15) is 142 Å². The van der Waals surface area contributed by atoms with E-state index in [0.717, 1.165) is 89.0 Å². The van der Waals surface area contributed by atoms with E-state index in [0.29, 0.717) is 25.7 Å². The summed E-state index contributed by atoms with van der Waals surface area (Å²) >= 11 is 0. The fourth-order valence-electron chi connectivity index (χ4n) is 9.75. The van der Waals surface area contributed by atoms with E-state index in [4.69, 9.17) is 5.11 Å². The molecule has 3 fully saturated rings. The Labute approximate surface area is 276 Å². The summed E-state index contributed by atoms with van der Waals surface area (Å²) in [5.74, 6) is -0.969. The van der Waals surface area contributed by atoms with E-state index in [-0.39, 0.29) is 35.4 Å². The number of aliphatic hydroxyl groups excluding tert-OH is 2. The van der Waals surface area contributed by atoms with Gasteiger partial charge in [-0.3, -0.25) is 14.4 Å². The Kier molecular flexibility index (Phi) is 13.1. The SMILES string of the molecule is C[C@]12C=CC(=O)C=C1CC[C@@H]1[C@@H]2[C@@H](O)C[C@@]2(C)[C@H]1CC[C@]2(O)C(=O)C(O)CCCCCCCC/C=C/CCCCCCCC(=O)O. The van der Waals surface area contributed by atoms with Crippen molar-refractivity contribution < 1.29 is 34.8 Å². The number of aliphatic hydroxyl groups is 3. The lowest BCUT2D eigenvalue weighted by Gasteiger charge is -2.59. The first kappa shape index (κ1) is 36.7. The molecule has 4 aliphatic carbocycles. The highest BCUT2D eigenvalue weighted by Crippen LogP contribution is 2.67. The van der Waals surface area contributed by atoms with Gasteiger partial charge >= 0.3 is 5.97 Å². The van der Waals surface area contributed by atoms with Crippen LogP contribution in [0.2, 0.25) is 0 Å². The molecule has 0 aromatic rings. The summed E-state index contributed by atoms with van der Waals surface area (Å²) in [4.78, 5) is 36.3. The minimum atomic E-state index is -1.63. The predicted octanol–water partition coefficient (Wildman–Crippen LogP) is 7.42. The molecule has 8 atom stereocenters. The van der Waals surface area contributed by atoms with Crippen LogP contribution in [-0.2, 0) is 14.4 Å². The van der Waals surface area contributed by atoms with Crippen molar-refractivity contribution in [2.75, 3.05) is 0 Å². The average molecular weight is 641 g/mol. The zero-order valence-corrected chi connectivity index (χ0v) is 28.4. The number of carbonyl (C=O) groups is 3. The summed E-state index contributed by atoms with van der Waals surface area (Å²) in [6.45, 7) is 4.09. The summed E-state index contributed by atoms with van der Waals surface area (Å²) in [6, 6.07) is 0. The normalized spacial score (nSPS) is 34.2. The average Bonchev–Trinajstić information content (AvgIpc) is 3.28. The number of ketones is 2. The molecule has 4 aliphatic rings. The molecule has 0 bridgehead atoms. The van der Waals surface area contributed by atoms with Gasteiger partial charge in [0.1, 0.15) is 11.7 Å². The van der Waals surface area contributed by atoms with E-state index in [9.17, 15) is 29.7 Å². The minimum Gasteiger partial charge on any atom is -0.481 e. The van der Waals surface area contributed by atoms with Crippen molar-refractivity contribution in [1.82, 2.24) is 0 Å². The first-order valence-corrected chi connectivity index (χ1v) is 18.4. The van der Waals surface area contributed by atoms with Crippen molar-refractivity contribution in [3.05, 3.63) is 36.0 Å². The molecular formula is C39H60O7. The standard InChI is InChI=1S/C39H60O7/c1-37-24-22-29(40)26-28(37)20-21-30-31-23-25-39(46,38(31,2)27-33(42)35(30)37)36(45)32(41)18-16-14-12-10-8-6-4-3-5-7-9-11-13-15-17-19-34(43)44/h3,5,22,24,26,30-33,35,41-42,46H,4,6-21,23,25,27H2,1-2H3,(H,43,44)/b5-3+/t30-,31-,32?,33-,35+,37-,38-,39-/m0/s1. The molecule has 0 aliphatic heterocycles. The highest BCUT2D eigenvalue weighted by atomic mass is 16.4. The van der Waals surface area contributed by atoms with Crippen LogP contribution in [0.4, 0.5) is 0 Å². The molecule has 3 saturated carbocycles. The molecule has 0 saturated heterocycles. The summed E-state index contributed by atoms with van der Waals surface area (Å²) < 4.78 is 0. The molecule has 4 rings (SSSR count). The van der Waals surface area contributed by atoms with Gasteiger partial charge in [0.2, 0.25) is 0 Å². The maximum absolute atomic E-state index is 13.7. The van der Waals surface area contributed by atoms with Gasteiger partial charge in [0, 0.05) is 23.2 Å². The molecule has 1 unspecified atom stereocenters. The van der Waals surface area contributed by atoms with Crippen molar-refractivity contribution >= 4 is 17.5 Å². The molecule has 0 amide bonds. The Morgan fingerprint density at radius 3 is 2.20 bits per heavy atom. The molecule has 0 spiro atoms. The highest BCUT2D eigenvalue weighted by molar-refractivity contribution is 6.01. The Balaban J connectivity index is 1.13. The van der Waals surface area contributed by atoms with Crippen molar-refractivity contribution in [3.8, 4) is 0 Å². The van der Waals surface area contributed by atoms with Crippen LogP contribution < -0.4 is 0 Å². The number of rotatable bonds is 19.